The van der Waals surface area contributed by atoms with Gasteiger partial charge in [-0.3, -0.25) is 5.14 Å². The molecule has 0 fully saturated rings. The molecule has 1 atom stereocenters. The first-order chi connectivity index (χ1) is 2.94. The molecule has 0 rings (SSSR count). The zero-order chi connectivity index (χ0) is 6.08. The summed E-state index contributed by atoms with van der Waals surface area (Å²) in [7, 11) is -0.933. The van der Waals surface area contributed by atoms with Gasteiger partial charge in [0.05, 0.1) is 4.75 Å². The fourth-order valence-electron chi connectivity index (χ4n) is 0. The highest BCUT2D eigenvalue weighted by Crippen LogP contribution is 2.03. The van der Waals surface area contributed by atoms with Crippen LogP contribution < -0.4 is 5.14 Å². The van der Waals surface area contributed by atoms with Crippen LogP contribution in [0, 0.1) is 0 Å². The van der Waals surface area contributed by atoms with Gasteiger partial charge < -0.3 is 0 Å². The van der Waals surface area contributed by atoms with Crippen molar-refractivity contribution in [2.45, 2.75) is 25.5 Å². The molecule has 3 N–H and O–H groups in total. The van der Waals surface area contributed by atoms with Crippen LogP contribution in [0.3, 0.4) is 0 Å². The highest BCUT2D eigenvalue weighted by molar-refractivity contribution is 7.79. The zero-order valence-electron chi connectivity index (χ0n) is 5.02. The molecular weight excluding hydrogens is 110 g/mol. The Kier molecular flexibility index (Phi) is 1.95. The number of hydrogen-bond donors (Lipinski definition) is 1. The lowest BCUT2D eigenvalue weighted by Gasteiger charge is -2.07. The van der Waals surface area contributed by atoms with Gasteiger partial charge in [-0.2, -0.15) is 4.21 Å². The summed E-state index contributed by atoms with van der Waals surface area (Å²) in [5, 5.41) is 3.38. The first-order valence-electron chi connectivity index (χ1n) is 2.16. The van der Waals surface area contributed by atoms with Crippen LogP contribution in [0.1, 0.15) is 20.8 Å². The van der Waals surface area contributed by atoms with E-state index in [0.29, 0.717) is 0 Å². The van der Waals surface area contributed by atoms with E-state index in [0.717, 1.165) is 0 Å². The minimum absolute atomic E-state index is 0.139. The monoisotopic (exact) mass is 122 g/mol. The van der Waals surface area contributed by atoms with Crippen LogP contribution >= 0.6 is 0 Å². The van der Waals surface area contributed by atoms with E-state index in [9.17, 15) is 4.21 Å². The van der Waals surface area contributed by atoms with Gasteiger partial charge in [0.1, 0.15) is 0 Å². The van der Waals surface area contributed by atoms with E-state index in [4.69, 9.17) is 0 Å². The highest BCUT2D eigenvalue weighted by Gasteiger charge is 2.18. The van der Waals surface area contributed by atoms with Crippen molar-refractivity contribution in [1.82, 2.24) is 0 Å². The predicted octanol–water partition coefficient (Wildman–Crippen LogP) is -0.310. The van der Waals surface area contributed by atoms with E-state index < -0.39 is 11.0 Å². The second kappa shape index (κ2) is 1.92. The molecule has 2 nitrogen and oxygen atoms in total. The molecule has 3 heteroatoms. The molecule has 7 heavy (non-hydrogen) atoms. The molecule has 0 radical (unpaired) electrons. The molecule has 0 aromatic heterocycles. The Hall–Kier alpha value is 0.110. The van der Waals surface area contributed by atoms with Gasteiger partial charge in [-0.1, -0.05) is 0 Å². The minimum Gasteiger partial charge on any atom is -0.272 e. The van der Waals surface area contributed by atoms with Crippen molar-refractivity contribution in [3.8, 4) is 0 Å². The average Bonchev–Trinajstić information content (AvgIpc) is 1.31. The van der Waals surface area contributed by atoms with E-state index >= 15 is 0 Å². The summed E-state index contributed by atoms with van der Waals surface area (Å²) in [6.07, 6.45) is 0. The molecule has 0 saturated carbocycles. The Morgan fingerprint density at radius 3 is 1.57 bits per heavy atom. The molecular formula is C4H12NOS+. The molecule has 0 heterocycles. The van der Waals surface area contributed by atoms with Gasteiger partial charge in [0.25, 0.3) is 0 Å². The van der Waals surface area contributed by atoms with E-state index in [1.54, 1.807) is 0 Å². The van der Waals surface area contributed by atoms with Gasteiger partial charge >= 0.3 is 0 Å². The Morgan fingerprint density at radius 2 is 1.57 bits per heavy atom. The Morgan fingerprint density at radius 1 is 1.43 bits per heavy atom. The largest absolute Gasteiger partial charge is 0.272 e. The molecule has 0 aliphatic rings. The first kappa shape index (κ1) is 7.11. The molecule has 0 aliphatic heterocycles. The minimum atomic E-state index is -0.933. The topological polar surface area (TPSA) is 44.7 Å². The van der Waals surface area contributed by atoms with Gasteiger partial charge in [-0.05, 0) is 20.8 Å². The maximum Gasteiger partial charge on any atom is 0.207 e. The first-order valence-corrected chi connectivity index (χ1v) is 3.48. The Labute approximate surface area is 46.7 Å². The van der Waals surface area contributed by atoms with Gasteiger partial charge in [-0.25, -0.2) is 0 Å². The number of quaternary nitrogens is 1. The quantitative estimate of drug-likeness (QED) is 0.470. The molecule has 0 aromatic carbocycles. The summed E-state index contributed by atoms with van der Waals surface area (Å²) in [5.41, 5.74) is 0. The van der Waals surface area contributed by atoms with Gasteiger partial charge in [0, 0.05) is 0 Å². The summed E-state index contributed by atoms with van der Waals surface area (Å²) >= 11 is 0. The smallest absolute Gasteiger partial charge is 0.207 e. The van der Waals surface area contributed by atoms with Crippen molar-refractivity contribution < 1.29 is 9.35 Å². The van der Waals surface area contributed by atoms with E-state index in [1.807, 2.05) is 20.8 Å². The summed E-state index contributed by atoms with van der Waals surface area (Å²) in [5.74, 6) is 0. The standard InChI is InChI=1S/C4H11NOS/c1-4(2,3)7(5)6/h5H2,1-3H3/p+1/t7-/m0/s1. The molecule has 0 aliphatic carbocycles. The lowest BCUT2D eigenvalue weighted by atomic mass is 10.3. The molecule has 0 spiro atoms. The SMILES string of the molecule is CC(C)(C)[S@@]([NH3+])=O. The normalized spacial score (nSPS) is 16.6. The van der Waals surface area contributed by atoms with Crippen LogP contribution in [-0.4, -0.2) is 8.96 Å². The van der Waals surface area contributed by atoms with Crippen molar-refractivity contribution in [2.75, 3.05) is 0 Å². The predicted molar refractivity (Wildman–Crippen MR) is 30.8 cm³/mol. The molecule has 0 unspecified atom stereocenters. The van der Waals surface area contributed by atoms with Crippen LogP contribution in [0.15, 0.2) is 0 Å². The summed E-state index contributed by atoms with van der Waals surface area (Å²) < 4.78 is 10.3. The van der Waals surface area contributed by atoms with E-state index in [-0.39, 0.29) is 4.75 Å². The lowest BCUT2D eigenvalue weighted by Crippen LogP contribution is -2.58. The van der Waals surface area contributed by atoms with Gasteiger partial charge in [0.15, 0.2) is 0 Å². The second-order valence-corrected chi connectivity index (χ2v) is 4.37. The van der Waals surface area contributed by atoms with Crippen molar-refractivity contribution in [3.05, 3.63) is 0 Å². The molecule has 0 saturated heterocycles. The van der Waals surface area contributed by atoms with Crippen LogP contribution in [0.5, 0.6) is 0 Å². The number of rotatable bonds is 0. The summed E-state index contributed by atoms with van der Waals surface area (Å²) in [4.78, 5) is 0. The molecule has 44 valence electrons. The summed E-state index contributed by atoms with van der Waals surface area (Å²) in [6, 6.07) is 0. The van der Waals surface area contributed by atoms with Crippen LogP contribution in [-0.2, 0) is 11.0 Å². The molecule has 0 amide bonds. The molecule has 0 bridgehead atoms. The molecule has 0 aromatic rings. The Bertz CT molecular complexity index is 84.2. The summed E-state index contributed by atoms with van der Waals surface area (Å²) in [6.45, 7) is 5.70. The second-order valence-electron chi connectivity index (χ2n) is 2.46. The van der Waals surface area contributed by atoms with Crippen LogP contribution in [0.4, 0.5) is 0 Å². The third-order valence-electron chi connectivity index (χ3n) is 0.683. The third kappa shape index (κ3) is 2.76. The van der Waals surface area contributed by atoms with Crippen molar-refractivity contribution in [1.29, 1.82) is 0 Å². The van der Waals surface area contributed by atoms with Crippen LogP contribution in [0.25, 0.3) is 0 Å². The highest BCUT2D eigenvalue weighted by atomic mass is 32.2. The van der Waals surface area contributed by atoms with E-state index in [1.165, 1.54) is 0 Å². The fraction of sp³-hybridized carbons (Fsp3) is 1.00. The van der Waals surface area contributed by atoms with Crippen molar-refractivity contribution in [3.63, 3.8) is 0 Å². The van der Waals surface area contributed by atoms with E-state index in [2.05, 4.69) is 5.14 Å². The van der Waals surface area contributed by atoms with Crippen molar-refractivity contribution in [2.24, 2.45) is 0 Å². The third-order valence-corrected chi connectivity index (χ3v) is 2.05. The Balaban J connectivity index is 3.79. The zero-order valence-corrected chi connectivity index (χ0v) is 5.84. The average molecular weight is 122 g/mol. The van der Waals surface area contributed by atoms with Crippen LogP contribution in [0.2, 0.25) is 0 Å². The maximum atomic E-state index is 10.5. The van der Waals surface area contributed by atoms with Gasteiger partial charge in [-0.15, -0.1) is 0 Å². The lowest BCUT2D eigenvalue weighted by molar-refractivity contribution is -0.156. The fourth-order valence-corrected chi connectivity index (χ4v) is 0. The van der Waals surface area contributed by atoms with Gasteiger partial charge in [0.2, 0.25) is 11.0 Å². The maximum absolute atomic E-state index is 10.5. The van der Waals surface area contributed by atoms with Crippen molar-refractivity contribution >= 4 is 11.0 Å². The number of hydrogen-bond acceptors (Lipinski definition) is 1.